The number of rotatable bonds is 3. The number of thiocarbonyl (C=S) groups is 1. The fourth-order valence-corrected chi connectivity index (χ4v) is 1.42. The van der Waals surface area contributed by atoms with E-state index >= 15 is 0 Å². The van der Waals surface area contributed by atoms with E-state index in [4.69, 9.17) is 12.2 Å². The minimum atomic E-state index is -0.389. The SMILES string of the molecule is Cc1ccccc1NNC(=S)c1n[nH]c(=O)[nH]1. The molecule has 0 radical (unpaired) electrons. The third kappa shape index (κ3) is 2.70. The Labute approximate surface area is 102 Å². The maximum atomic E-state index is 10.8. The fourth-order valence-electron chi connectivity index (χ4n) is 1.27. The van der Waals surface area contributed by atoms with Crippen LogP contribution in [0.3, 0.4) is 0 Å². The monoisotopic (exact) mass is 249 g/mol. The summed E-state index contributed by atoms with van der Waals surface area (Å²) in [6, 6.07) is 7.75. The van der Waals surface area contributed by atoms with Crippen LogP contribution in [0.1, 0.15) is 11.4 Å². The van der Waals surface area contributed by atoms with Crippen LogP contribution in [0.5, 0.6) is 0 Å². The number of nitrogens with zero attached hydrogens (tertiary/aromatic N) is 1. The van der Waals surface area contributed by atoms with Crippen LogP contribution >= 0.6 is 12.2 Å². The standard InChI is InChI=1S/C10H11N5OS/c1-6-4-2-3-5-7(6)12-14-9(17)8-11-10(16)15-13-8/h2-5,12H,1H3,(H,14,17)(H2,11,13,15,16). The highest BCUT2D eigenvalue weighted by Gasteiger charge is 2.05. The smallest absolute Gasteiger partial charge is 0.300 e. The van der Waals surface area contributed by atoms with Crippen molar-refractivity contribution in [2.45, 2.75) is 6.92 Å². The molecule has 0 amide bonds. The van der Waals surface area contributed by atoms with Crippen molar-refractivity contribution in [1.82, 2.24) is 20.6 Å². The number of hydrogen-bond donors (Lipinski definition) is 4. The zero-order valence-electron chi connectivity index (χ0n) is 9.07. The number of anilines is 1. The fraction of sp³-hybridized carbons (Fsp3) is 0.100. The number of aromatic nitrogens is 3. The maximum absolute atomic E-state index is 10.8. The first-order valence-electron chi connectivity index (χ1n) is 4.93. The van der Waals surface area contributed by atoms with Gasteiger partial charge in [0.15, 0.2) is 10.8 Å². The van der Waals surface area contributed by atoms with Crippen molar-refractivity contribution >= 4 is 22.9 Å². The van der Waals surface area contributed by atoms with Crippen molar-refractivity contribution < 1.29 is 0 Å². The van der Waals surface area contributed by atoms with Crippen LogP contribution in [0.4, 0.5) is 5.69 Å². The molecule has 0 atom stereocenters. The summed E-state index contributed by atoms with van der Waals surface area (Å²) in [5.74, 6) is 0.297. The zero-order valence-corrected chi connectivity index (χ0v) is 9.89. The van der Waals surface area contributed by atoms with Crippen molar-refractivity contribution in [2.24, 2.45) is 0 Å². The number of H-pyrrole nitrogens is 2. The lowest BCUT2D eigenvalue weighted by atomic mass is 10.2. The molecule has 0 aliphatic carbocycles. The van der Waals surface area contributed by atoms with Gasteiger partial charge in [0.05, 0.1) is 5.69 Å². The van der Waals surface area contributed by atoms with Crippen LogP contribution in [0.25, 0.3) is 0 Å². The van der Waals surface area contributed by atoms with Gasteiger partial charge >= 0.3 is 5.69 Å². The molecule has 0 aliphatic heterocycles. The first-order chi connectivity index (χ1) is 8.16. The summed E-state index contributed by atoms with van der Waals surface area (Å²) in [6.07, 6.45) is 0. The summed E-state index contributed by atoms with van der Waals surface area (Å²) in [5.41, 5.74) is 7.35. The van der Waals surface area contributed by atoms with Crippen molar-refractivity contribution in [1.29, 1.82) is 0 Å². The van der Waals surface area contributed by atoms with E-state index in [0.717, 1.165) is 11.3 Å². The quantitative estimate of drug-likeness (QED) is 0.475. The van der Waals surface area contributed by atoms with Crippen molar-refractivity contribution in [3.8, 4) is 0 Å². The van der Waals surface area contributed by atoms with Gasteiger partial charge in [-0.05, 0) is 18.6 Å². The summed E-state index contributed by atoms with van der Waals surface area (Å²) in [5, 5.41) is 5.96. The number of aromatic amines is 2. The van der Waals surface area contributed by atoms with Gasteiger partial charge in [0.25, 0.3) is 0 Å². The molecule has 1 aromatic heterocycles. The highest BCUT2D eigenvalue weighted by atomic mass is 32.1. The Bertz CT molecular complexity index is 588. The molecule has 0 saturated heterocycles. The Morgan fingerprint density at radius 2 is 2.18 bits per heavy atom. The molecule has 4 N–H and O–H groups in total. The lowest BCUT2D eigenvalue weighted by Gasteiger charge is -2.10. The second kappa shape index (κ2) is 4.79. The highest BCUT2D eigenvalue weighted by Crippen LogP contribution is 2.11. The molecule has 0 saturated carbocycles. The van der Waals surface area contributed by atoms with Gasteiger partial charge in [-0.1, -0.05) is 30.4 Å². The van der Waals surface area contributed by atoms with E-state index in [9.17, 15) is 4.79 Å². The number of aryl methyl sites for hydroxylation is 1. The van der Waals surface area contributed by atoms with Crippen molar-refractivity contribution in [3.63, 3.8) is 0 Å². The molecule has 2 aromatic rings. The van der Waals surface area contributed by atoms with E-state index in [0.29, 0.717) is 10.8 Å². The van der Waals surface area contributed by atoms with Crippen molar-refractivity contribution in [2.75, 3.05) is 5.43 Å². The Morgan fingerprint density at radius 3 is 2.82 bits per heavy atom. The molecule has 6 nitrogen and oxygen atoms in total. The van der Waals surface area contributed by atoms with E-state index in [1.807, 2.05) is 31.2 Å². The third-order valence-electron chi connectivity index (χ3n) is 2.17. The summed E-state index contributed by atoms with van der Waals surface area (Å²) in [4.78, 5) is 13.6. The largest absolute Gasteiger partial charge is 0.340 e. The predicted octanol–water partition coefficient (Wildman–Crippen LogP) is 0.699. The van der Waals surface area contributed by atoms with Gasteiger partial charge in [0.2, 0.25) is 0 Å². The third-order valence-corrected chi connectivity index (χ3v) is 2.47. The number of nitrogens with one attached hydrogen (secondary N) is 4. The molecule has 17 heavy (non-hydrogen) atoms. The molecule has 1 aromatic carbocycles. The van der Waals surface area contributed by atoms with Crippen LogP contribution in [0.2, 0.25) is 0 Å². The number of hydrazine groups is 1. The molecule has 7 heteroatoms. The van der Waals surface area contributed by atoms with E-state index in [2.05, 4.69) is 26.0 Å². The molecule has 0 fully saturated rings. The van der Waals surface area contributed by atoms with Gasteiger partial charge in [0, 0.05) is 0 Å². The molecule has 88 valence electrons. The van der Waals surface area contributed by atoms with E-state index in [-0.39, 0.29) is 5.69 Å². The Hall–Kier alpha value is -2.15. The summed E-state index contributed by atoms with van der Waals surface area (Å²) < 4.78 is 0. The normalized spacial score (nSPS) is 9.94. The van der Waals surface area contributed by atoms with Crippen LogP contribution in [0.15, 0.2) is 29.1 Å². The van der Waals surface area contributed by atoms with E-state index in [1.54, 1.807) is 0 Å². The molecule has 2 rings (SSSR count). The van der Waals surface area contributed by atoms with E-state index in [1.165, 1.54) is 0 Å². The van der Waals surface area contributed by atoms with Gasteiger partial charge < -0.3 is 0 Å². The highest BCUT2D eigenvalue weighted by molar-refractivity contribution is 7.80. The molecule has 0 bridgehead atoms. The van der Waals surface area contributed by atoms with Crippen LogP contribution in [0, 0.1) is 6.92 Å². The van der Waals surface area contributed by atoms with Gasteiger partial charge in [-0.15, -0.1) is 5.10 Å². The van der Waals surface area contributed by atoms with Crippen LogP contribution in [-0.4, -0.2) is 20.2 Å². The average Bonchev–Trinajstić information content (AvgIpc) is 2.74. The van der Waals surface area contributed by atoms with Gasteiger partial charge in [-0.3, -0.25) is 15.8 Å². The lowest BCUT2D eigenvalue weighted by molar-refractivity contribution is 1.03. The number of hydrogen-bond acceptors (Lipinski definition) is 4. The van der Waals surface area contributed by atoms with Crippen molar-refractivity contribution in [3.05, 3.63) is 46.1 Å². The molecular weight excluding hydrogens is 238 g/mol. The lowest BCUT2D eigenvalue weighted by Crippen LogP contribution is -2.30. The van der Waals surface area contributed by atoms with Crippen LogP contribution < -0.4 is 16.5 Å². The average molecular weight is 249 g/mol. The van der Waals surface area contributed by atoms with E-state index < -0.39 is 0 Å². The summed E-state index contributed by atoms with van der Waals surface area (Å²) in [6.45, 7) is 1.98. The van der Waals surface area contributed by atoms with Crippen LogP contribution in [-0.2, 0) is 0 Å². The minimum Gasteiger partial charge on any atom is -0.300 e. The number of para-hydroxylation sites is 1. The summed E-state index contributed by atoms with van der Waals surface area (Å²) >= 11 is 5.05. The Kier molecular flexibility index (Phi) is 3.20. The molecule has 0 spiro atoms. The second-order valence-electron chi connectivity index (χ2n) is 3.42. The minimum absolute atomic E-state index is 0.297. The molecule has 1 heterocycles. The van der Waals surface area contributed by atoms with Gasteiger partial charge in [-0.25, -0.2) is 9.89 Å². The van der Waals surface area contributed by atoms with Gasteiger partial charge in [0.1, 0.15) is 0 Å². The Morgan fingerprint density at radius 1 is 1.41 bits per heavy atom. The van der Waals surface area contributed by atoms with Gasteiger partial charge in [-0.2, -0.15) is 0 Å². The topological polar surface area (TPSA) is 85.6 Å². The molecule has 0 unspecified atom stereocenters. The predicted molar refractivity (Wildman–Crippen MR) is 68.8 cm³/mol. The maximum Gasteiger partial charge on any atom is 0.340 e. The molecular formula is C10H11N5OS. The molecule has 0 aliphatic rings. The second-order valence-corrected chi connectivity index (χ2v) is 3.83. The first-order valence-corrected chi connectivity index (χ1v) is 5.34. The summed E-state index contributed by atoms with van der Waals surface area (Å²) in [7, 11) is 0. The zero-order chi connectivity index (χ0) is 12.3. The Balaban J connectivity index is 2.02. The number of benzene rings is 1. The first kappa shape index (κ1) is 11.3.